The Morgan fingerprint density at radius 2 is 2.21 bits per heavy atom. The predicted molar refractivity (Wildman–Crippen MR) is 71.4 cm³/mol. The molecule has 0 saturated carbocycles. The monoisotopic (exact) mass is 287 g/mol. The zero-order valence-corrected chi connectivity index (χ0v) is 12.3. The lowest BCUT2D eigenvalue weighted by Gasteiger charge is -2.26. The fraction of sp³-hybridized carbons (Fsp3) is 0.833. The molecule has 0 aliphatic carbocycles. The first kappa shape index (κ1) is 14.5. The van der Waals surface area contributed by atoms with Gasteiger partial charge in [-0.2, -0.15) is 0 Å². The number of hydrogen-bond donors (Lipinski definition) is 0. The van der Waals surface area contributed by atoms with Crippen molar-refractivity contribution in [1.29, 1.82) is 0 Å². The van der Waals surface area contributed by atoms with E-state index in [4.69, 9.17) is 4.42 Å². The minimum atomic E-state index is -2.86. The van der Waals surface area contributed by atoms with Crippen LogP contribution in [-0.2, 0) is 16.4 Å². The van der Waals surface area contributed by atoms with Crippen LogP contribution in [0.15, 0.2) is 4.42 Å². The van der Waals surface area contributed by atoms with Crippen molar-refractivity contribution in [2.75, 3.05) is 18.1 Å². The molecule has 1 unspecified atom stereocenters. The molecule has 6 nitrogen and oxygen atoms in total. The molecule has 0 N–H and O–H groups in total. The third kappa shape index (κ3) is 4.01. The first-order chi connectivity index (χ1) is 9.00. The highest BCUT2D eigenvalue weighted by Gasteiger charge is 2.32. The van der Waals surface area contributed by atoms with Gasteiger partial charge >= 0.3 is 0 Å². The van der Waals surface area contributed by atoms with Gasteiger partial charge in [0.2, 0.25) is 11.8 Å². The second kappa shape index (κ2) is 6.00. The second-order valence-corrected chi connectivity index (χ2v) is 7.32. The van der Waals surface area contributed by atoms with Crippen LogP contribution in [0.3, 0.4) is 0 Å². The Morgan fingerprint density at radius 1 is 1.42 bits per heavy atom. The summed E-state index contributed by atoms with van der Waals surface area (Å²) in [6.07, 6.45) is 2.83. The van der Waals surface area contributed by atoms with Gasteiger partial charge in [-0.1, -0.05) is 13.3 Å². The zero-order valence-electron chi connectivity index (χ0n) is 11.5. The summed E-state index contributed by atoms with van der Waals surface area (Å²) < 4.78 is 28.6. The smallest absolute Gasteiger partial charge is 0.230 e. The summed E-state index contributed by atoms with van der Waals surface area (Å²) in [6.45, 7) is 5.30. The largest absolute Gasteiger partial charge is 0.424 e. The fourth-order valence-corrected chi connectivity index (χ4v) is 4.15. The predicted octanol–water partition coefficient (Wildman–Crippen LogP) is 1.17. The maximum absolute atomic E-state index is 11.6. The van der Waals surface area contributed by atoms with E-state index in [1.54, 1.807) is 6.92 Å². The Hall–Kier alpha value is -0.950. The molecule has 0 bridgehead atoms. The minimum absolute atomic E-state index is 0.0868. The summed E-state index contributed by atoms with van der Waals surface area (Å²) in [6, 6.07) is 0.0868. The number of hydrogen-bond acceptors (Lipinski definition) is 6. The van der Waals surface area contributed by atoms with Crippen LogP contribution in [0, 0.1) is 6.92 Å². The van der Waals surface area contributed by atoms with Crippen LogP contribution < -0.4 is 0 Å². The Morgan fingerprint density at radius 3 is 2.74 bits per heavy atom. The summed E-state index contributed by atoms with van der Waals surface area (Å²) in [5.74, 6) is 1.66. The lowest BCUT2D eigenvalue weighted by molar-refractivity contribution is 0.181. The number of nitrogens with zero attached hydrogens (tertiary/aromatic N) is 3. The molecule has 7 heteroatoms. The molecule has 0 radical (unpaired) electrons. The fourth-order valence-electron chi connectivity index (χ4n) is 2.39. The van der Waals surface area contributed by atoms with Gasteiger partial charge in [-0.25, -0.2) is 8.42 Å². The molecule has 2 heterocycles. The molecule has 1 aromatic heterocycles. The summed E-state index contributed by atoms with van der Waals surface area (Å²) in [7, 11) is -2.86. The molecule has 108 valence electrons. The van der Waals surface area contributed by atoms with Crippen molar-refractivity contribution in [2.45, 2.75) is 45.7 Å². The van der Waals surface area contributed by atoms with Crippen molar-refractivity contribution in [3.05, 3.63) is 11.8 Å². The number of sulfone groups is 1. The third-order valence-electron chi connectivity index (χ3n) is 3.43. The normalized spacial score (nSPS) is 22.2. The Balaban J connectivity index is 2.03. The van der Waals surface area contributed by atoms with Gasteiger partial charge in [-0.3, -0.25) is 4.90 Å². The van der Waals surface area contributed by atoms with Gasteiger partial charge in [0.05, 0.1) is 18.1 Å². The second-order valence-electron chi connectivity index (χ2n) is 5.10. The maximum Gasteiger partial charge on any atom is 0.230 e. The van der Waals surface area contributed by atoms with Crippen molar-refractivity contribution in [3.63, 3.8) is 0 Å². The van der Waals surface area contributed by atoms with E-state index in [9.17, 15) is 8.42 Å². The highest BCUT2D eigenvalue weighted by atomic mass is 32.2. The number of unbranched alkanes of at least 4 members (excludes halogenated alkanes) is 1. The molecule has 1 aromatic rings. The van der Waals surface area contributed by atoms with Crippen LogP contribution in [0.5, 0.6) is 0 Å². The van der Waals surface area contributed by atoms with Gasteiger partial charge < -0.3 is 4.42 Å². The number of aryl methyl sites for hydroxylation is 1. The van der Waals surface area contributed by atoms with Gasteiger partial charge in [0.1, 0.15) is 0 Å². The van der Waals surface area contributed by atoms with Gasteiger partial charge in [0.25, 0.3) is 0 Å². The number of rotatable bonds is 6. The molecule has 19 heavy (non-hydrogen) atoms. The van der Waals surface area contributed by atoms with E-state index < -0.39 is 9.84 Å². The summed E-state index contributed by atoms with van der Waals surface area (Å²) in [4.78, 5) is 2.17. The summed E-state index contributed by atoms with van der Waals surface area (Å²) in [5.41, 5.74) is 0. The van der Waals surface area contributed by atoms with Crippen molar-refractivity contribution in [3.8, 4) is 0 Å². The SMILES string of the molecule is CCCCN(Cc1nnc(C)o1)C1CCS(=O)(=O)C1. The number of aromatic nitrogens is 2. The van der Waals surface area contributed by atoms with Crippen molar-refractivity contribution < 1.29 is 12.8 Å². The molecule has 1 aliphatic rings. The summed E-state index contributed by atoms with van der Waals surface area (Å²) >= 11 is 0. The van der Waals surface area contributed by atoms with E-state index in [1.165, 1.54) is 0 Å². The van der Waals surface area contributed by atoms with Gasteiger partial charge in [-0.15, -0.1) is 10.2 Å². The van der Waals surface area contributed by atoms with Crippen LogP contribution in [0.4, 0.5) is 0 Å². The molecular formula is C12H21N3O3S. The van der Waals surface area contributed by atoms with Crippen LogP contribution in [0.1, 0.15) is 38.0 Å². The highest BCUT2D eigenvalue weighted by Crippen LogP contribution is 2.20. The Kier molecular flexibility index (Phi) is 4.57. The van der Waals surface area contributed by atoms with E-state index >= 15 is 0 Å². The minimum Gasteiger partial charge on any atom is -0.424 e. The van der Waals surface area contributed by atoms with Crippen molar-refractivity contribution in [1.82, 2.24) is 15.1 Å². The van der Waals surface area contributed by atoms with Crippen LogP contribution in [0.25, 0.3) is 0 Å². The molecular weight excluding hydrogens is 266 g/mol. The molecule has 1 aliphatic heterocycles. The molecule has 1 fully saturated rings. The first-order valence-corrected chi connectivity index (χ1v) is 8.56. The van der Waals surface area contributed by atoms with E-state index in [2.05, 4.69) is 22.0 Å². The van der Waals surface area contributed by atoms with E-state index in [1.807, 2.05) is 0 Å². The summed E-state index contributed by atoms with van der Waals surface area (Å²) in [5, 5.41) is 7.81. The maximum atomic E-state index is 11.6. The third-order valence-corrected chi connectivity index (χ3v) is 5.18. The van der Waals surface area contributed by atoms with E-state index in [0.717, 1.165) is 19.4 Å². The van der Waals surface area contributed by atoms with Crippen LogP contribution in [-0.4, -0.2) is 47.6 Å². The van der Waals surface area contributed by atoms with Gasteiger partial charge in [0.15, 0.2) is 9.84 Å². The standard InChI is InChI=1S/C12H21N3O3S/c1-3-4-6-15(8-12-14-13-10(2)18-12)11-5-7-19(16,17)9-11/h11H,3-9H2,1-2H3. The highest BCUT2D eigenvalue weighted by molar-refractivity contribution is 7.91. The van der Waals surface area contributed by atoms with E-state index in [0.29, 0.717) is 30.5 Å². The van der Waals surface area contributed by atoms with Gasteiger partial charge in [0, 0.05) is 13.0 Å². The first-order valence-electron chi connectivity index (χ1n) is 6.73. The Bertz CT molecular complexity index is 512. The average Bonchev–Trinajstić information content (AvgIpc) is 2.90. The van der Waals surface area contributed by atoms with Crippen LogP contribution >= 0.6 is 0 Å². The average molecular weight is 287 g/mol. The molecule has 0 aromatic carbocycles. The zero-order chi connectivity index (χ0) is 13.9. The molecule has 0 amide bonds. The molecule has 1 atom stereocenters. The van der Waals surface area contributed by atoms with Gasteiger partial charge in [-0.05, 0) is 19.4 Å². The molecule has 0 spiro atoms. The van der Waals surface area contributed by atoms with Crippen molar-refractivity contribution >= 4 is 9.84 Å². The van der Waals surface area contributed by atoms with Crippen molar-refractivity contribution in [2.24, 2.45) is 0 Å². The Labute approximate surface area is 114 Å². The lowest BCUT2D eigenvalue weighted by Crippen LogP contribution is -2.36. The lowest BCUT2D eigenvalue weighted by atomic mass is 10.2. The molecule has 2 rings (SSSR count). The quantitative estimate of drug-likeness (QED) is 0.781. The van der Waals surface area contributed by atoms with Crippen LogP contribution in [0.2, 0.25) is 0 Å². The molecule has 1 saturated heterocycles. The van der Waals surface area contributed by atoms with E-state index in [-0.39, 0.29) is 11.8 Å². The topological polar surface area (TPSA) is 76.3 Å².